The number of piperidine rings is 1. The Morgan fingerprint density at radius 2 is 1.91 bits per heavy atom. The lowest BCUT2D eigenvalue weighted by Gasteiger charge is -2.33. The van der Waals surface area contributed by atoms with E-state index in [4.69, 9.17) is 14.0 Å². The van der Waals surface area contributed by atoms with Gasteiger partial charge in [-0.25, -0.2) is 13.2 Å². The summed E-state index contributed by atoms with van der Waals surface area (Å²) in [7, 11) is 0.180. The molecule has 0 aliphatic carbocycles. The maximum absolute atomic E-state index is 12.2. The minimum atomic E-state index is -3.37. The summed E-state index contributed by atoms with van der Waals surface area (Å²) in [5.41, 5.74) is 0.680. The second-order valence-electron chi connectivity index (χ2n) is 9.34. The van der Waals surface area contributed by atoms with E-state index in [9.17, 15) is 13.2 Å². The van der Waals surface area contributed by atoms with Crippen molar-refractivity contribution in [2.75, 3.05) is 38.3 Å². The lowest BCUT2D eigenvalue weighted by molar-refractivity contribution is -0.0231. The molecule has 2 aromatic rings. The van der Waals surface area contributed by atoms with E-state index in [-0.39, 0.29) is 23.7 Å². The minimum Gasteiger partial charge on any atom is -0.444 e. The van der Waals surface area contributed by atoms with Crippen LogP contribution in [0.4, 0.5) is 10.5 Å². The fraction of sp³-hybridized carbons (Fsp3) is 0.591. The van der Waals surface area contributed by atoms with Crippen LogP contribution in [0.1, 0.15) is 39.5 Å². The van der Waals surface area contributed by atoms with E-state index in [0.717, 1.165) is 0 Å². The Bertz CT molecular complexity index is 1080. The fourth-order valence-electron chi connectivity index (χ4n) is 3.47. The number of carbonyl (C=O) groups excluding carboxylic acids is 1. The molecule has 0 saturated carbocycles. The van der Waals surface area contributed by atoms with Gasteiger partial charge in [-0.3, -0.25) is 0 Å². The Balaban J connectivity index is 1.58. The van der Waals surface area contributed by atoms with E-state index in [2.05, 4.69) is 10.1 Å². The first-order chi connectivity index (χ1) is 15.3. The van der Waals surface area contributed by atoms with Crippen LogP contribution in [0.5, 0.6) is 0 Å². The van der Waals surface area contributed by atoms with E-state index in [1.807, 2.05) is 20.8 Å². The Labute approximate surface area is 194 Å². The van der Waals surface area contributed by atoms with Crippen molar-refractivity contribution in [3.8, 4) is 11.4 Å². The predicted molar refractivity (Wildman–Crippen MR) is 123 cm³/mol. The third kappa shape index (κ3) is 6.67. The highest BCUT2D eigenvalue weighted by molar-refractivity contribution is 7.90. The van der Waals surface area contributed by atoms with Gasteiger partial charge >= 0.3 is 6.09 Å². The molecule has 1 aliphatic rings. The van der Waals surface area contributed by atoms with Gasteiger partial charge in [-0.2, -0.15) is 4.98 Å². The highest BCUT2D eigenvalue weighted by atomic mass is 32.2. The third-order valence-electron chi connectivity index (χ3n) is 5.10. The van der Waals surface area contributed by atoms with Crippen LogP contribution in [0, 0.1) is 0 Å². The van der Waals surface area contributed by atoms with Gasteiger partial charge in [0.25, 0.3) is 5.89 Å². The first-order valence-electron chi connectivity index (χ1n) is 10.8. The number of hydrogen-bond acceptors (Lipinski definition) is 9. The summed E-state index contributed by atoms with van der Waals surface area (Å²) in [5.74, 6) is 0.690. The molecule has 33 heavy (non-hydrogen) atoms. The summed E-state index contributed by atoms with van der Waals surface area (Å²) in [4.78, 5) is 20.2. The minimum absolute atomic E-state index is 0.0200. The molecule has 1 saturated heterocycles. The number of amides is 1. The lowest BCUT2D eigenvalue weighted by Crippen LogP contribution is -2.43. The third-order valence-corrected chi connectivity index (χ3v) is 6.25. The van der Waals surface area contributed by atoms with Gasteiger partial charge in [0.1, 0.15) is 12.2 Å². The van der Waals surface area contributed by atoms with Crippen LogP contribution in [0.25, 0.3) is 11.4 Å². The molecule has 0 bridgehead atoms. The van der Waals surface area contributed by atoms with Crippen LogP contribution in [-0.2, 0) is 25.9 Å². The number of sulfone groups is 1. The van der Waals surface area contributed by atoms with Gasteiger partial charge < -0.3 is 23.8 Å². The molecule has 0 N–H and O–H groups in total. The van der Waals surface area contributed by atoms with Crippen molar-refractivity contribution >= 4 is 21.6 Å². The molecule has 11 heteroatoms. The van der Waals surface area contributed by atoms with Crippen LogP contribution in [0.15, 0.2) is 27.6 Å². The van der Waals surface area contributed by atoms with Gasteiger partial charge in [0, 0.05) is 39.0 Å². The molecule has 10 nitrogen and oxygen atoms in total. The summed E-state index contributed by atoms with van der Waals surface area (Å²) in [6.45, 7) is 6.83. The maximum atomic E-state index is 12.2. The average molecular weight is 481 g/mol. The molecule has 0 spiro atoms. The quantitative estimate of drug-likeness (QED) is 0.615. The molecule has 1 aliphatic heterocycles. The van der Waals surface area contributed by atoms with Crippen molar-refractivity contribution < 1.29 is 27.2 Å². The van der Waals surface area contributed by atoms with Crippen molar-refractivity contribution in [3.05, 3.63) is 24.1 Å². The number of ether oxygens (including phenoxy) is 2. The Morgan fingerprint density at radius 1 is 1.24 bits per heavy atom. The molecule has 0 radical (unpaired) electrons. The SMILES string of the molecule is CN(C)c1cc(-c2noc(COC3CCN(C(=O)OC(C)(C)C)CC3)n2)ccc1S(C)(=O)=O. The van der Waals surface area contributed by atoms with Crippen LogP contribution in [0.2, 0.25) is 0 Å². The summed E-state index contributed by atoms with van der Waals surface area (Å²) in [5, 5.41) is 4.01. The number of aromatic nitrogens is 2. The number of hydrogen-bond donors (Lipinski definition) is 0. The first-order valence-corrected chi connectivity index (χ1v) is 12.7. The Hall–Kier alpha value is -2.66. The maximum Gasteiger partial charge on any atom is 0.410 e. The van der Waals surface area contributed by atoms with Crippen LogP contribution >= 0.6 is 0 Å². The summed E-state index contributed by atoms with van der Waals surface area (Å²) in [6, 6.07) is 4.93. The Kier molecular flexibility index (Phi) is 7.32. The van der Waals surface area contributed by atoms with E-state index >= 15 is 0 Å². The molecular formula is C22H32N4O6S. The number of anilines is 1. The smallest absolute Gasteiger partial charge is 0.410 e. The number of carbonyl (C=O) groups is 1. The monoisotopic (exact) mass is 480 g/mol. The number of nitrogens with zero attached hydrogens (tertiary/aromatic N) is 4. The normalized spacial score (nSPS) is 15.5. The van der Waals surface area contributed by atoms with Crippen LogP contribution in [0.3, 0.4) is 0 Å². The molecule has 3 rings (SSSR count). The summed E-state index contributed by atoms with van der Waals surface area (Å²) in [6.07, 6.45) is 2.24. The van der Waals surface area contributed by atoms with E-state index in [1.54, 1.807) is 42.1 Å². The zero-order chi connectivity index (χ0) is 24.4. The zero-order valence-corrected chi connectivity index (χ0v) is 20.8. The molecule has 1 aromatic carbocycles. The second-order valence-corrected chi connectivity index (χ2v) is 11.3. The average Bonchev–Trinajstić information content (AvgIpc) is 3.19. The topological polar surface area (TPSA) is 115 Å². The molecule has 182 valence electrons. The second kappa shape index (κ2) is 9.68. The van der Waals surface area contributed by atoms with Crippen molar-refractivity contribution in [2.45, 2.75) is 56.8 Å². The van der Waals surface area contributed by atoms with E-state index < -0.39 is 15.4 Å². The predicted octanol–water partition coefficient (Wildman–Crippen LogP) is 3.12. The zero-order valence-electron chi connectivity index (χ0n) is 20.0. The van der Waals surface area contributed by atoms with E-state index in [1.165, 1.54) is 6.26 Å². The lowest BCUT2D eigenvalue weighted by atomic mass is 10.1. The fourth-order valence-corrected chi connectivity index (χ4v) is 4.41. The molecule has 1 fully saturated rings. The van der Waals surface area contributed by atoms with Gasteiger partial charge in [0.05, 0.1) is 16.7 Å². The van der Waals surface area contributed by atoms with Gasteiger partial charge in [0.2, 0.25) is 5.82 Å². The number of likely N-dealkylation sites (tertiary alicyclic amines) is 1. The molecule has 0 unspecified atom stereocenters. The van der Waals surface area contributed by atoms with Gasteiger partial charge in [0.15, 0.2) is 9.84 Å². The highest BCUT2D eigenvalue weighted by Crippen LogP contribution is 2.29. The van der Waals surface area contributed by atoms with Crippen molar-refractivity contribution in [3.63, 3.8) is 0 Å². The molecule has 2 heterocycles. The van der Waals surface area contributed by atoms with Crippen molar-refractivity contribution in [1.82, 2.24) is 15.0 Å². The summed E-state index contributed by atoms with van der Waals surface area (Å²) >= 11 is 0. The van der Waals surface area contributed by atoms with E-state index in [0.29, 0.717) is 48.9 Å². The van der Waals surface area contributed by atoms with Crippen molar-refractivity contribution in [1.29, 1.82) is 0 Å². The standard InChI is InChI=1S/C22H32N4O6S/c1-22(2,3)31-21(27)26-11-9-16(10-12-26)30-14-19-23-20(24-32-19)15-7-8-18(33(6,28)29)17(13-15)25(4)5/h7-8,13,16H,9-12,14H2,1-6H3. The number of rotatable bonds is 6. The van der Waals surface area contributed by atoms with Gasteiger partial charge in [-0.05, 0) is 51.8 Å². The van der Waals surface area contributed by atoms with Crippen LogP contribution < -0.4 is 4.90 Å². The molecule has 1 aromatic heterocycles. The van der Waals surface area contributed by atoms with Crippen molar-refractivity contribution in [2.24, 2.45) is 0 Å². The van der Waals surface area contributed by atoms with Crippen LogP contribution in [-0.4, -0.2) is 74.7 Å². The molecular weight excluding hydrogens is 448 g/mol. The largest absolute Gasteiger partial charge is 0.444 e. The highest BCUT2D eigenvalue weighted by Gasteiger charge is 2.27. The van der Waals surface area contributed by atoms with Gasteiger partial charge in [-0.1, -0.05) is 5.16 Å². The summed E-state index contributed by atoms with van der Waals surface area (Å²) < 4.78 is 40.7. The number of benzene rings is 1. The Morgan fingerprint density at radius 3 is 2.48 bits per heavy atom. The first kappa shape index (κ1) is 25.0. The molecule has 1 amide bonds. The molecule has 0 atom stereocenters. The van der Waals surface area contributed by atoms with Gasteiger partial charge in [-0.15, -0.1) is 0 Å².